The SMILES string of the molecule is Cc1cccc(-n2ncc3c(=O)n4c(nc32)SCC4CC(=O)N(CC(C)C)CC(C)C)c1. The van der Waals surface area contributed by atoms with Crippen molar-refractivity contribution in [2.24, 2.45) is 11.8 Å². The summed E-state index contributed by atoms with van der Waals surface area (Å²) < 4.78 is 3.42. The molecule has 1 unspecified atom stereocenters. The lowest BCUT2D eigenvalue weighted by Crippen LogP contribution is -2.39. The van der Waals surface area contributed by atoms with Gasteiger partial charge in [0.2, 0.25) is 5.91 Å². The Kier molecular flexibility index (Phi) is 6.42. The minimum absolute atomic E-state index is 0.105. The molecule has 1 amide bonds. The minimum atomic E-state index is -0.184. The zero-order valence-corrected chi connectivity index (χ0v) is 20.2. The third-order valence-corrected chi connectivity index (χ3v) is 6.65. The van der Waals surface area contributed by atoms with Crippen LogP contribution in [0.25, 0.3) is 16.7 Å². The van der Waals surface area contributed by atoms with Crippen LogP contribution in [-0.2, 0) is 4.79 Å². The molecule has 0 saturated heterocycles. The number of carbonyl (C=O) groups is 1. The van der Waals surface area contributed by atoms with Crippen molar-refractivity contribution in [1.82, 2.24) is 24.2 Å². The third kappa shape index (κ3) is 4.46. The second-order valence-electron chi connectivity index (χ2n) is 9.46. The smallest absolute Gasteiger partial charge is 0.265 e. The number of aromatic nitrogens is 4. The van der Waals surface area contributed by atoms with Crippen molar-refractivity contribution in [3.8, 4) is 5.69 Å². The molecule has 0 radical (unpaired) electrons. The van der Waals surface area contributed by atoms with Crippen LogP contribution in [0.15, 0.2) is 40.4 Å². The Morgan fingerprint density at radius 1 is 1.22 bits per heavy atom. The first kappa shape index (κ1) is 22.6. The summed E-state index contributed by atoms with van der Waals surface area (Å²) in [5.41, 5.74) is 2.44. The number of thioether (sulfide) groups is 1. The van der Waals surface area contributed by atoms with Gasteiger partial charge in [-0.15, -0.1) is 0 Å². The Morgan fingerprint density at radius 3 is 2.59 bits per heavy atom. The summed E-state index contributed by atoms with van der Waals surface area (Å²) in [6.07, 6.45) is 1.91. The van der Waals surface area contributed by atoms with Gasteiger partial charge in [-0.2, -0.15) is 5.10 Å². The fraction of sp³-hybridized carbons (Fsp3) is 0.500. The van der Waals surface area contributed by atoms with Crippen LogP contribution in [-0.4, -0.2) is 49.0 Å². The summed E-state index contributed by atoms with van der Waals surface area (Å²) in [7, 11) is 0. The molecule has 1 aliphatic heterocycles. The second kappa shape index (κ2) is 9.10. The molecule has 1 atom stereocenters. The molecule has 3 aromatic rings. The molecule has 1 aliphatic rings. The van der Waals surface area contributed by atoms with Gasteiger partial charge in [-0.25, -0.2) is 9.67 Å². The number of hydrogen-bond acceptors (Lipinski definition) is 5. The predicted molar refractivity (Wildman–Crippen MR) is 128 cm³/mol. The lowest BCUT2D eigenvalue weighted by molar-refractivity contribution is -0.133. The van der Waals surface area contributed by atoms with Crippen LogP contribution in [0.1, 0.15) is 45.7 Å². The lowest BCUT2D eigenvalue weighted by Gasteiger charge is -2.27. The van der Waals surface area contributed by atoms with Gasteiger partial charge in [0.15, 0.2) is 10.8 Å². The number of rotatable bonds is 7. The number of aryl methyl sites for hydroxylation is 1. The topological polar surface area (TPSA) is 73.0 Å². The summed E-state index contributed by atoms with van der Waals surface area (Å²) in [6.45, 7) is 12.0. The molecule has 0 saturated carbocycles. The molecule has 4 rings (SSSR count). The minimum Gasteiger partial charge on any atom is -0.342 e. The van der Waals surface area contributed by atoms with Crippen LogP contribution < -0.4 is 5.56 Å². The summed E-state index contributed by atoms with van der Waals surface area (Å²) in [6, 6.07) is 7.78. The Labute approximate surface area is 192 Å². The van der Waals surface area contributed by atoms with Gasteiger partial charge in [0.1, 0.15) is 5.39 Å². The maximum Gasteiger partial charge on any atom is 0.265 e. The van der Waals surface area contributed by atoms with Crippen molar-refractivity contribution >= 4 is 28.7 Å². The van der Waals surface area contributed by atoms with Gasteiger partial charge >= 0.3 is 0 Å². The van der Waals surface area contributed by atoms with E-state index in [0.29, 0.717) is 40.2 Å². The highest BCUT2D eigenvalue weighted by Crippen LogP contribution is 2.34. The monoisotopic (exact) mass is 453 g/mol. The van der Waals surface area contributed by atoms with Gasteiger partial charge in [0.25, 0.3) is 5.56 Å². The zero-order chi connectivity index (χ0) is 23.0. The highest BCUT2D eigenvalue weighted by atomic mass is 32.2. The zero-order valence-electron chi connectivity index (χ0n) is 19.4. The lowest BCUT2D eigenvalue weighted by atomic mass is 10.1. The van der Waals surface area contributed by atoms with Crippen LogP contribution in [0.5, 0.6) is 0 Å². The van der Waals surface area contributed by atoms with E-state index in [0.717, 1.165) is 24.3 Å². The van der Waals surface area contributed by atoms with E-state index in [1.165, 1.54) is 11.8 Å². The van der Waals surface area contributed by atoms with Crippen molar-refractivity contribution in [1.29, 1.82) is 0 Å². The molecule has 3 heterocycles. The molecule has 0 bridgehead atoms. The van der Waals surface area contributed by atoms with Gasteiger partial charge in [-0.1, -0.05) is 51.6 Å². The van der Waals surface area contributed by atoms with Crippen molar-refractivity contribution < 1.29 is 4.79 Å². The quantitative estimate of drug-likeness (QED) is 0.504. The van der Waals surface area contributed by atoms with Crippen molar-refractivity contribution in [2.75, 3.05) is 18.8 Å². The van der Waals surface area contributed by atoms with Gasteiger partial charge in [-0.3, -0.25) is 14.2 Å². The fourth-order valence-corrected chi connectivity index (χ4v) is 5.35. The molecular formula is C24H31N5O2S. The number of benzene rings is 1. The molecule has 8 heteroatoms. The number of hydrogen-bond donors (Lipinski definition) is 0. The maximum atomic E-state index is 13.4. The first-order valence-corrected chi connectivity index (χ1v) is 12.2. The number of amides is 1. The first-order chi connectivity index (χ1) is 15.2. The van der Waals surface area contributed by atoms with Gasteiger partial charge in [0, 0.05) is 25.3 Å². The average Bonchev–Trinajstić information content (AvgIpc) is 3.32. The normalized spacial score (nSPS) is 15.7. The van der Waals surface area contributed by atoms with E-state index < -0.39 is 0 Å². The molecule has 170 valence electrons. The van der Waals surface area contributed by atoms with Crippen LogP contribution >= 0.6 is 11.8 Å². The summed E-state index contributed by atoms with van der Waals surface area (Å²) in [4.78, 5) is 33.3. The molecule has 0 fully saturated rings. The van der Waals surface area contributed by atoms with Crippen LogP contribution in [0.3, 0.4) is 0 Å². The molecule has 2 aromatic heterocycles. The Bertz CT molecular complexity index is 1190. The molecule has 32 heavy (non-hydrogen) atoms. The summed E-state index contributed by atoms with van der Waals surface area (Å²) in [5.74, 6) is 1.59. The molecule has 0 N–H and O–H groups in total. The van der Waals surface area contributed by atoms with Crippen molar-refractivity contribution in [3.05, 3.63) is 46.4 Å². The first-order valence-electron chi connectivity index (χ1n) is 11.2. The summed E-state index contributed by atoms with van der Waals surface area (Å²) in [5, 5.41) is 5.59. The Hall–Kier alpha value is -2.61. The number of carbonyl (C=O) groups excluding carboxylic acids is 1. The largest absolute Gasteiger partial charge is 0.342 e. The van der Waals surface area contributed by atoms with E-state index in [1.807, 2.05) is 36.1 Å². The van der Waals surface area contributed by atoms with Crippen LogP contribution in [0.4, 0.5) is 0 Å². The standard InChI is InChI=1S/C24H31N5O2S/c1-15(2)12-27(13-16(3)4)21(30)10-19-14-32-24-26-22-20(23(31)28(19)24)11-25-29(22)18-8-6-7-17(5)9-18/h6-9,11,15-16,19H,10,12-14H2,1-5H3. The van der Waals surface area contributed by atoms with E-state index >= 15 is 0 Å². The van der Waals surface area contributed by atoms with E-state index in [2.05, 4.69) is 32.8 Å². The summed E-state index contributed by atoms with van der Waals surface area (Å²) >= 11 is 1.54. The average molecular weight is 454 g/mol. The highest BCUT2D eigenvalue weighted by molar-refractivity contribution is 7.99. The Morgan fingerprint density at radius 2 is 1.94 bits per heavy atom. The number of nitrogens with zero attached hydrogens (tertiary/aromatic N) is 5. The van der Waals surface area contributed by atoms with Crippen LogP contribution in [0, 0.1) is 18.8 Å². The van der Waals surface area contributed by atoms with E-state index in [1.54, 1.807) is 15.4 Å². The predicted octanol–water partition coefficient (Wildman–Crippen LogP) is 4.07. The van der Waals surface area contributed by atoms with Crippen LogP contribution in [0.2, 0.25) is 0 Å². The highest BCUT2D eigenvalue weighted by Gasteiger charge is 2.31. The Balaban J connectivity index is 1.65. The fourth-order valence-electron chi connectivity index (χ4n) is 4.22. The van der Waals surface area contributed by atoms with E-state index in [-0.39, 0.29) is 17.5 Å². The molecule has 7 nitrogen and oxygen atoms in total. The molecular weight excluding hydrogens is 422 g/mol. The number of fused-ring (bicyclic) bond motifs is 2. The maximum absolute atomic E-state index is 13.4. The molecule has 0 spiro atoms. The second-order valence-corrected chi connectivity index (χ2v) is 10.4. The van der Waals surface area contributed by atoms with Gasteiger partial charge in [0.05, 0.1) is 17.9 Å². The van der Waals surface area contributed by atoms with E-state index in [4.69, 9.17) is 4.98 Å². The van der Waals surface area contributed by atoms with E-state index in [9.17, 15) is 9.59 Å². The molecule has 0 aliphatic carbocycles. The van der Waals surface area contributed by atoms with Crippen molar-refractivity contribution in [3.63, 3.8) is 0 Å². The van der Waals surface area contributed by atoms with Crippen molar-refractivity contribution in [2.45, 2.75) is 52.2 Å². The van der Waals surface area contributed by atoms with Gasteiger partial charge in [-0.05, 0) is 36.5 Å². The van der Waals surface area contributed by atoms with Gasteiger partial charge < -0.3 is 4.90 Å². The molecule has 1 aromatic carbocycles. The third-order valence-electron chi connectivity index (χ3n) is 5.55.